The van der Waals surface area contributed by atoms with Crippen LogP contribution in [0.4, 0.5) is 0 Å². The number of aliphatic hydroxyl groups excluding tert-OH is 5. The van der Waals surface area contributed by atoms with Crippen LogP contribution in [-0.4, -0.2) is 338 Å². The van der Waals surface area contributed by atoms with Gasteiger partial charge in [-0.15, -0.1) is 0 Å². The van der Waals surface area contributed by atoms with Gasteiger partial charge in [-0.3, -0.25) is 9.80 Å². The van der Waals surface area contributed by atoms with Crippen molar-refractivity contribution in [3.05, 3.63) is 94.5 Å². The zero-order valence-electron chi connectivity index (χ0n) is 75.5. The van der Waals surface area contributed by atoms with E-state index in [1.165, 1.54) is 75.2 Å². The largest absolute Gasteiger partial charge is 0.508 e. The van der Waals surface area contributed by atoms with Crippen LogP contribution < -0.4 is 17.2 Å². The molecular formula is C85H181N13O10. The quantitative estimate of drug-likeness (QED) is 0.0253. The summed E-state index contributed by atoms with van der Waals surface area (Å²) in [7, 11) is 22.3. The molecule has 108 heavy (non-hydrogen) atoms. The average molecular weight is 1550 g/mol. The van der Waals surface area contributed by atoms with Crippen LogP contribution >= 0.6 is 0 Å². The topological polar surface area (TPSA) is 313 Å². The second-order valence-corrected chi connectivity index (χ2v) is 30.4. The normalized spacial score (nSPS) is 11.3. The second-order valence-electron chi connectivity index (χ2n) is 30.4. The van der Waals surface area contributed by atoms with Crippen LogP contribution in [0.2, 0.25) is 0 Å². The third-order valence-corrected chi connectivity index (χ3v) is 17.1. The molecule has 23 nitrogen and oxygen atoms in total. The molecule has 0 aliphatic carbocycles. The minimum Gasteiger partial charge on any atom is -0.508 e. The molecule has 0 radical (unpaired) electrons. The van der Waals surface area contributed by atoms with Gasteiger partial charge in [0.15, 0.2) is 0 Å². The number of nitrogens with zero attached hydrogens (tertiary/aromatic N) is 10. The van der Waals surface area contributed by atoms with Gasteiger partial charge in [-0.25, -0.2) is 0 Å². The number of hydrogen-bond acceptors (Lipinski definition) is 23. The number of likely N-dealkylation sites (N-methyl/N-ethyl adjacent to an activating group) is 1. The van der Waals surface area contributed by atoms with Crippen molar-refractivity contribution in [2.24, 2.45) is 29.0 Å². The van der Waals surface area contributed by atoms with Gasteiger partial charge in [-0.1, -0.05) is 145 Å². The number of phenols is 2. The Morgan fingerprint density at radius 2 is 0.704 bits per heavy atom. The van der Waals surface area contributed by atoms with Gasteiger partial charge in [0.2, 0.25) is 0 Å². The first kappa shape index (κ1) is 120. The van der Waals surface area contributed by atoms with Crippen molar-refractivity contribution in [3.63, 3.8) is 0 Å². The van der Waals surface area contributed by atoms with Crippen molar-refractivity contribution in [1.82, 2.24) is 49.0 Å². The lowest BCUT2D eigenvalue weighted by molar-refractivity contribution is -0.0379. The molecular weight excluding hydrogens is 1360 g/mol. The maximum atomic E-state index is 10.2. The molecule has 0 saturated carbocycles. The molecule has 0 aliphatic heterocycles. The Hall–Kier alpha value is -3.58. The van der Waals surface area contributed by atoms with Gasteiger partial charge >= 0.3 is 0 Å². The third-order valence-electron chi connectivity index (χ3n) is 17.1. The number of aliphatic hydroxyl groups is 8. The van der Waals surface area contributed by atoms with Crippen LogP contribution in [0.1, 0.15) is 191 Å². The van der Waals surface area contributed by atoms with E-state index in [-0.39, 0.29) is 44.9 Å². The molecule has 0 aromatic heterocycles. The summed E-state index contributed by atoms with van der Waals surface area (Å²) in [6.07, 6.45) is 5.38. The predicted molar refractivity (Wildman–Crippen MR) is 466 cm³/mol. The molecule has 3 aromatic carbocycles. The Morgan fingerprint density at radius 3 is 0.944 bits per heavy atom. The molecule has 0 unspecified atom stereocenters. The lowest BCUT2D eigenvalue weighted by Gasteiger charge is -2.34. The van der Waals surface area contributed by atoms with Crippen molar-refractivity contribution < 1.29 is 51.1 Å². The van der Waals surface area contributed by atoms with Gasteiger partial charge in [0.1, 0.15) is 11.5 Å². The minimum absolute atomic E-state index is 0.0694. The first-order valence-corrected chi connectivity index (χ1v) is 40.2. The van der Waals surface area contributed by atoms with Crippen LogP contribution in [0, 0.1) is 11.8 Å². The standard InChI is InChI=1S/C15H27N3O.C9H13NO.C9H13N.C9H21N.C8H19NO.C8H19N.C6H15NO3.C6H15NO.C6H15N.C5H13NO2.C4H11NO/c1-16(2)9-12-7-8-15(19)14(11-18(5)6)13(12)10-17(3)4;1-10(2)7-8-5-3-4-6-9(8)11;1-10(2)8-9-6-4-3-5-7-9;1-4-7-10(8-5-2)9-6-3;1-6(2)8(10,5-9)7(3)4;1-6-9(7(2)3)8(4)5;8-4-1-7(2-5-9)3-6-10;1-3-6(8,4-2)5-7;1-4-7(5-2)6-3;1-6(2-4-7)3-5-8;1-4(2,6)3-5/h7-8,19H,9-11H2,1-6H3;3-6,11H,7H2,1-2H3;3-7H,8H2,1-2H3;4-9H2,1-3H3;6-7,10H,5,9H2,1-4H3;7-8H,6H2,1-5H3;8-10H,1-6H2;8H,3-5,7H2,1-2H3;4-6H2,1-3H3;7-8H,2-5H2,1H3;6H,3,5H2,1-2H3. The van der Waals surface area contributed by atoms with E-state index in [2.05, 4.69) is 177 Å². The summed E-state index contributed by atoms with van der Waals surface area (Å²) in [5.74, 6) is 1.24. The molecule has 16 N–H and O–H groups in total. The summed E-state index contributed by atoms with van der Waals surface area (Å²) < 4.78 is 0. The SMILES string of the molecule is CC(C)(O)CN.CC(C)C(O)(CN)C(C)C.CCC(O)(CC)CN.CCCN(CCC)CCC.CCN(C(C)C)C(C)C.CCN(CC)CC.CN(C)Cc1ccc(O)c(CN(C)C)c1CN(C)C.CN(C)Cc1ccccc1.CN(C)Cc1ccccc1O.CN(CCO)CCO.OCCN(CCO)CCO. The summed E-state index contributed by atoms with van der Waals surface area (Å²) in [6, 6.07) is 23.1. The zero-order chi connectivity index (χ0) is 85.6. The zero-order valence-corrected chi connectivity index (χ0v) is 75.5. The molecule has 0 atom stereocenters. The maximum Gasteiger partial charge on any atom is 0.120 e. The first-order valence-electron chi connectivity index (χ1n) is 40.2. The first-order chi connectivity index (χ1) is 50.4. The number of benzene rings is 3. The van der Waals surface area contributed by atoms with Gasteiger partial charge in [0, 0.05) is 108 Å². The van der Waals surface area contributed by atoms with Crippen molar-refractivity contribution in [2.75, 3.05) is 209 Å². The molecule has 0 amide bonds. The fraction of sp³-hybridized carbons (Fsp3) is 0.788. The number of phenolic OH excluding ortho intramolecular Hbond substituents is 2. The summed E-state index contributed by atoms with van der Waals surface area (Å²) in [4.78, 5) is 21.6. The van der Waals surface area contributed by atoms with Crippen LogP contribution in [0.15, 0.2) is 66.7 Å². The van der Waals surface area contributed by atoms with Crippen LogP contribution in [0.3, 0.4) is 0 Å². The Morgan fingerprint density at radius 1 is 0.361 bits per heavy atom. The number of aromatic hydroxyl groups is 2. The van der Waals surface area contributed by atoms with Crippen LogP contribution in [0.5, 0.6) is 11.5 Å². The third kappa shape index (κ3) is 73.9. The summed E-state index contributed by atoms with van der Waals surface area (Å²) in [5, 5.41) is 89.5. The van der Waals surface area contributed by atoms with E-state index in [9.17, 15) is 20.4 Å². The van der Waals surface area contributed by atoms with Gasteiger partial charge in [0.25, 0.3) is 0 Å². The van der Waals surface area contributed by atoms with Crippen molar-refractivity contribution >= 4 is 0 Å². The number of nitrogens with two attached hydrogens (primary N) is 3. The highest BCUT2D eigenvalue weighted by molar-refractivity contribution is 5.44. The van der Waals surface area contributed by atoms with Crippen molar-refractivity contribution in [2.45, 2.75) is 225 Å². The summed E-state index contributed by atoms with van der Waals surface area (Å²) in [5.41, 5.74) is 19.7. The van der Waals surface area contributed by atoms with Gasteiger partial charge in [0.05, 0.1) is 49.8 Å². The second kappa shape index (κ2) is 77.4. The molecule has 0 aliphatic rings. The highest BCUT2D eigenvalue weighted by Gasteiger charge is 2.32. The number of hydrogen-bond donors (Lipinski definition) is 13. The van der Waals surface area contributed by atoms with Crippen LogP contribution in [0.25, 0.3) is 0 Å². The smallest absolute Gasteiger partial charge is 0.120 e. The van der Waals surface area contributed by atoms with E-state index < -0.39 is 16.8 Å². The monoisotopic (exact) mass is 1540 g/mol. The molecule has 3 rings (SSSR count). The van der Waals surface area contributed by atoms with E-state index in [1.54, 1.807) is 24.8 Å². The van der Waals surface area contributed by atoms with E-state index in [0.29, 0.717) is 75.9 Å². The van der Waals surface area contributed by atoms with E-state index in [4.69, 9.17) is 47.8 Å². The highest BCUT2D eigenvalue weighted by atomic mass is 16.3. The van der Waals surface area contributed by atoms with Crippen molar-refractivity contribution in [3.8, 4) is 11.5 Å². The van der Waals surface area contributed by atoms with Gasteiger partial charge in [-0.2, -0.15) is 0 Å². The molecule has 646 valence electrons. The Kier molecular flexibility index (Phi) is 86.1. The van der Waals surface area contributed by atoms with E-state index in [1.807, 2.05) is 123 Å². The van der Waals surface area contributed by atoms with E-state index >= 15 is 0 Å². The maximum absolute atomic E-state index is 10.2. The van der Waals surface area contributed by atoms with E-state index in [0.717, 1.165) is 63.2 Å². The Labute approximate surface area is 666 Å². The molecule has 3 aromatic rings. The van der Waals surface area contributed by atoms with Crippen molar-refractivity contribution in [1.29, 1.82) is 0 Å². The average Bonchev–Trinajstić information content (AvgIpc) is 0.819. The molecule has 0 bridgehead atoms. The lowest BCUT2D eigenvalue weighted by Crippen LogP contribution is -2.47. The predicted octanol–water partition coefficient (Wildman–Crippen LogP) is 9.14. The van der Waals surface area contributed by atoms with Crippen LogP contribution in [-0.2, 0) is 32.7 Å². The summed E-state index contributed by atoms with van der Waals surface area (Å²) >= 11 is 0. The molecule has 0 saturated heterocycles. The molecule has 0 heterocycles. The molecule has 0 fully saturated rings. The lowest BCUT2D eigenvalue weighted by atomic mass is 9.81. The molecule has 23 heteroatoms. The molecule has 0 spiro atoms. The fourth-order valence-electron chi connectivity index (χ4n) is 10.3. The Bertz CT molecular complexity index is 2230. The summed E-state index contributed by atoms with van der Waals surface area (Å²) in [6.45, 7) is 57.0. The fourth-order valence-corrected chi connectivity index (χ4v) is 10.3. The Balaban J connectivity index is -0.000000172. The minimum atomic E-state index is -0.681. The number of para-hydroxylation sites is 1. The highest BCUT2D eigenvalue weighted by Crippen LogP contribution is 2.28. The van der Waals surface area contributed by atoms with Gasteiger partial charge in [-0.05, 0) is 238 Å². The van der Waals surface area contributed by atoms with Gasteiger partial charge < -0.3 is 107 Å². The number of rotatable bonds is 39.